The van der Waals surface area contributed by atoms with E-state index in [1.807, 2.05) is 0 Å². The fourth-order valence-corrected chi connectivity index (χ4v) is 5.18. The monoisotopic (exact) mass is 210 g/mol. The van der Waals surface area contributed by atoms with Crippen molar-refractivity contribution in [1.82, 2.24) is 0 Å². The molecular formula is C16H18. The van der Waals surface area contributed by atoms with Crippen LogP contribution in [-0.2, 0) is 0 Å². The second-order valence-electron chi connectivity index (χ2n) is 6.52. The Morgan fingerprint density at radius 3 is 1.19 bits per heavy atom. The average Bonchev–Trinajstić information content (AvgIpc) is 3.07. The Morgan fingerprint density at radius 2 is 0.875 bits per heavy atom. The third kappa shape index (κ3) is 0.815. The van der Waals surface area contributed by atoms with Crippen LogP contribution in [0.2, 0.25) is 0 Å². The summed E-state index contributed by atoms with van der Waals surface area (Å²) in [7, 11) is 0. The largest absolute Gasteiger partial charge is 0.0547 e. The van der Waals surface area contributed by atoms with Crippen molar-refractivity contribution in [2.24, 2.45) is 0 Å². The van der Waals surface area contributed by atoms with E-state index in [-0.39, 0.29) is 0 Å². The van der Waals surface area contributed by atoms with Crippen molar-refractivity contribution >= 4 is 0 Å². The minimum Gasteiger partial charge on any atom is -0.0547 e. The van der Waals surface area contributed by atoms with Crippen LogP contribution in [-0.4, -0.2) is 0 Å². The van der Waals surface area contributed by atoms with Crippen molar-refractivity contribution in [2.45, 2.75) is 62.2 Å². The van der Waals surface area contributed by atoms with Crippen LogP contribution in [0.4, 0.5) is 0 Å². The molecule has 4 aliphatic carbocycles. The van der Waals surface area contributed by atoms with Gasteiger partial charge in [-0.2, -0.15) is 0 Å². The minimum atomic E-state index is 0.949. The third-order valence-electron chi connectivity index (χ3n) is 5.91. The first-order chi connectivity index (χ1) is 7.90. The number of hydrogen-bond donors (Lipinski definition) is 0. The number of fused-ring (bicyclic) bond motifs is 10. The SMILES string of the molecule is c1c2c(cc3c1[C@@H]1CC[C@H]3C1)[C@H]1CC[C@@H]2C1. The summed E-state index contributed by atoms with van der Waals surface area (Å²) in [5, 5.41) is 0. The topological polar surface area (TPSA) is 0 Å². The Morgan fingerprint density at radius 1 is 0.562 bits per heavy atom. The zero-order valence-electron chi connectivity index (χ0n) is 9.71. The van der Waals surface area contributed by atoms with Gasteiger partial charge in [0, 0.05) is 0 Å². The van der Waals surface area contributed by atoms with Crippen LogP contribution in [0.3, 0.4) is 0 Å². The Kier molecular flexibility index (Phi) is 1.33. The van der Waals surface area contributed by atoms with Crippen LogP contribution in [0, 0.1) is 0 Å². The molecule has 4 atom stereocenters. The predicted molar refractivity (Wildman–Crippen MR) is 65.1 cm³/mol. The highest BCUT2D eigenvalue weighted by molar-refractivity contribution is 5.52. The van der Waals surface area contributed by atoms with Crippen molar-refractivity contribution in [2.75, 3.05) is 0 Å². The number of benzene rings is 1. The molecule has 0 unspecified atom stereocenters. The van der Waals surface area contributed by atoms with E-state index in [1.54, 1.807) is 22.3 Å². The first kappa shape index (κ1) is 8.33. The van der Waals surface area contributed by atoms with Crippen molar-refractivity contribution in [3.8, 4) is 0 Å². The smallest absolute Gasteiger partial charge is 0.0153 e. The van der Waals surface area contributed by atoms with E-state index in [1.165, 1.54) is 38.5 Å². The lowest BCUT2D eigenvalue weighted by atomic mass is 9.83. The van der Waals surface area contributed by atoms with Crippen LogP contribution < -0.4 is 0 Å². The molecule has 16 heavy (non-hydrogen) atoms. The van der Waals surface area contributed by atoms with Gasteiger partial charge in [0.2, 0.25) is 0 Å². The molecule has 1 aromatic carbocycles. The van der Waals surface area contributed by atoms with E-state index in [2.05, 4.69) is 12.1 Å². The van der Waals surface area contributed by atoms with Crippen LogP contribution >= 0.6 is 0 Å². The summed E-state index contributed by atoms with van der Waals surface area (Å²) < 4.78 is 0. The Hall–Kier alpha value is -0.780. The van der Waals surface area contributed by atoms with Gasteiger partial charge in [0.05, 0.1) is 0 Å². The van der Waals surface area contributed by atoms with E-state index >= 15 is 0 Å². The summed E-state index contributed by atoms with van der Waals surface area (Å²) in [4.78, 5) is 0. The van der Waals surface area contributed by atoms with E-state index in [9.17, 15) is 0 Å². The van der Waals surface area contributed by atoms with Gasteiger partial charge in [0.1, 0.15) is 0 Å². The molecule has 0 spiro atoms. The lowest BCUT2D eigenvalue weighted by Gasteiger charge is -2.22. The van der Waals surface area contributed by atoms with Gasteiger partial charge in [-0.3, -0.25) is 0 Å². The Balaban J connectivity index is 1.77. The summed E-state index contributed by atoms with van der Waals surface area (Å²) in [6.07, 6.45) is 8.87. The van der Waals surface area contributed by atoms with Gasteiger partial charge >= 0.3 is 0 Å². The maximum Gasteiger partial charge on any atom is -0.0153 e. The van der Waals surface area contributed by atoms with E-state index in [4.69, 9.17) is 0 Å². The Labute approximate surface area is 97.1 Å². The van der Waals surface area contributed by atoms with Crippen molar-refractivity contribution in [3.05, 3.63) is 34.4 Å². The highest BCUT2D eigenvalue weighted by atomic mass is 14.5. The maximum atomic E-state index is 2.64. The first-order valence-electron chi connectivity index (χ1n) is 7.08. The summed E-state index contributed by atoms with van der Waals surface area (Å²) in [5.41, 5.74) is 7.06. The van der Waals surface area contributed by atoms with E-state index in [0.29, 0.717) is 0 Å². The molecule has 0 heteroatoms. The normalized spacial score (nSPS) is 41.5. The summed E-state index contributed by atoms with van der Waals surface area (Å²) in [5.74, 6) is 3.79. The average molecular weight is 210 g/mol. The number of rotatable bonds is 0. The van der Waals surface area contributed by atoms with Crippen molar-refractivity contribution < 1.29 is 0 Å². The molecule has 0 radical (unpaired) electrons. The van der Waals surface area contributed by atoms with E-state index in [0.717, 1.165) is 23.7 Å². The molecule has 0 amide bonds. The quantitative estimate of drug-likeness (QED) is 0.594. The maximum absolute atomic E-state index is 2.64. The summed E-state index contributed by atoms with van der Waals surface area (Å²) in [6, 6.07) is 5.27. The molecule has 0 nitrogen and oxygen atoms in total. The van der Waals surface area contributed by atoms with Crippen molar-refractivity contribution in [3.63, 3.8) is 0 Å². The van der Waals surface area contributed by atoms with Gasteiger partial charge in [-0.15, -0.1) is 0 Å². The van der Waals surface area contributed by atoms with Gasteiger partial charge in [-0.1, -0.05) is 12.1 Å². The first-order valence-corrected chi connectivity index (χ1v) is 7.08. The van der Waals surface area contributed by atoms with Crippen LogP contribution in [0.25, 0.3) is 0 Å². The van der Waals surface area contributed by atoms with Crippen LogP contribution in [0.1, 0.15) is 84.5 Å². The molecule has 2 fully saturated rings. The van der Waals surface area contributed by atoms with Gasteiger partial charge in [-0.05, 0) is 84.5 Å². The molecule has 4 aliphatic rings. The second kappa shape index (κ2) is 2.55. The van der Waals surface area contributed by atoms with E-state index < -0.39 is 0 Å². The minimum absolute atomic E-state index is 0.949. The molecule has 0 saturated heterocycles. The molecule has 1 aromatic rings. The summed E-state index contributed by atoms with van der Waals surface area (Å²) >= 11 is 0. The second-order valence-corrected chi connectivity index (χ2v) is 6.52. The molecule has 0 aromatic heterocycles. The third-order valence-corrected chi connectivity index (χ3v) is 5.91. The molecule has 0 N–H and O–H groups in total. The highest BCUT2D eigenvalue weighted by Gasteiger charge is 2.42. The lowest BCUT2D eigenvalue weighted by Crippen LogP contribution is -2.04. The molecule has 82 valence electrons. The number of hydrogen-bond acceptors (Lipinski definition) is 0. The fraction of sp³-hybridized carbons (Fsp3) is 0.625. The lowest BCUT2D eigenvalue weighted by molar-refractivity contribution is 0.690. The van der Waals surface area contributed by atoms with Gasteiger partial charge < -0.3 is 0 Å². The molecule has 5 rings (SSSR count). The molecule has 0 aliphatic heterocycles. The molecule has 0 heterocycles. The van der Waals surface area contributed by atoms with Crippen LogP contribution in [0.5, 0.6) is 0 Å². The Bertz CT molecular complexity index is 401. The summed E-state index contributed by atoms with van der Waals surface area (Å²) in [6.45, 7) is 0. The zero-order chi connectivity index (χ0) is 10.3. The predicted octanol–water partition coefficient (Wildman–Crippen LogP) is 4.42. The molecule has 2 saturated carbocycles. The van der Waals surface area contributed by atoms with Gasteiger partial charge in [0.15, 0.2) is 0 Å². The van der Waals surface area contributed by atoms with Gasteiger partial charge in [0.25, 0.3) is 0 Å². The van der Waals surface area contributed by atoms with Crippen molar-refractivity contribution in [1.29, 1.82) is 0 Å². The fourth-order valence-electron chi connectivity index (χ4n) is 5.18. The molecular weight excluding hydrogens is 192 g/mol. The van der Waals surface area contributed by atoms with Crippen LogP contribution in [0.15, 0.2) is 12.1 Å². The zero-order valence-corrected chi connectivity index (χ0v) is 9.71. The molecule has 4 bridgehead atoms. The highest BCUT2D eigenvalue weighted by Crippen LogP contribution is 2.59. The van der Waals surface area contributed by atoms with Gasteiger partial charge in [-0.25, -0.2) is 0 Å². The standard InChI is InChI=1S/C16H18/c1-2-10-5-9(1)13-7-15-11-3-4-12(6-11)16(15)8-14(10)13/h7-12H,1-6H2/t9-,10+,11-,12+.